The number of rotatable bonds is 8. The Balaban J connectivity index is 0.868. The lowest BCUT2D eigenvalue weighted by molar-refractivity contribution is 0.669. The summed E-state index contributed by atoms with van der Waals surface area (Å²) in [7, 11) is 0. The fourth-order valence-corrected chi connectivity index (χ4v) is 8.38. The van der Waals surface area contributed by atoms with Crippen LogP contribution in [-0.2, 0) is 0 Å². The maximum absolute atomic E-state index is 6.08. The molecule has 0 saturated heterocycles. The summed E-state index contributed by atoms with van der Waals surface area (Å²) in [6.45, 7) is 0. The van der Waals surface area contributed by atoms with E-state index >= 15 is 0 Å². The van der Waals surface area contributed by atoms with Crippen LogP contribution in [0.2, 0.25) is 0 Å². The number of para-hydroxylation sites is 1. The SMILES string of the molecule is c1ccc(-c2ccc(N(c3ccc(-c4ccccc4)cc3)c3ccc(-c4ccc(-n5ccc6cc(-c7ccc8oc9ccccc9c8c7)ccc65)cc4)cc3)cc2)cc1. The molecule has 0 radical (unpaired) electrons. The number of nitrogens with zero attached hydrogens (tertiary/aromatic N) is 2. The van der Waals surface area contributed by atoms with Crippen molar-refractivity contribution >= 4 is 49.9 Å². The van der Waals surface area contributed by atoms with Crippen molar-refractivity contribution in [2.75, 3.05) is 4.90 Å². The minimum absolute atomic E-state index is 0.915. The van der Waals surface area contributed by atoms with Crippen LogP contribution in [0.1, 0.15) is 0 Å². The van der Waals surface area contributed by atoms with Crippen molar-refractivity contribution in [1.82, 2.24) is 4.57 Å². The molecule has 0 aliphatic rings. The van der Waals surface area contributed by atoms with Crippen LogP contribution < -0.4 is 4.90 Å². The molecule has 9 aromatic carbocycles. The summed E-state index contributed by atoms with van der Waals surface area (Å²) in [6.07, 6.45) is 2.17. The second kappa shape index (κ2) is 14.6. The molecule has 0 amide bonds. The number of anilines is 3. The highest BCUT2D eigenvalue weighted by Gasteiger charge is 2.15. The van der Waals surface area contributed by atoms with Crippen LogP contribution in [0.4, 0.5) is 17.1 Å². The van der Waals surface area contributed by atoms with Gasteiger partial charge in [0.1, 0.15) is 11.2 Å². The van der Waals surface area contributed by atoms with Gasteiger partial charge in [-0.25, -0.2) is 0 Å². The normalized spacial score (nSPS) is 11.4. The second-order valence-corrected chi connectivity index (χ2v) is 15.0. The van der Waals surface area contributed by atoms with E-state index in [1.165, 1.54) is 55.4 Å². The van der Waals surface area contributed by atoms with Crippen molar-refractivity contribution in [2.45, 2.75) is 0 Å². The van der Waals surface area contributed by atoms with Crippen molar-refractivity contribution in [3.05, 3.63) is 231 Å². The average Bonchev–Trinajstić information content (AvgIpc) is 3.92. The van der Waals surface area contributed by atoms with Crippen LogP contribution in [0, 0.1) is 0 Å². The van der Waals surface area contributed by atoms with E-state index in [2.05, 4.69) is 228 Å². The molecule has 278 valence electrons. The van der Waals surface area contributed by atoms with Crippen LogP contribution in [0.15, 0.2) is 235 Å². The van der Waals surface area contributed by atoms with E-state index in [-0.39, 0.29) is 0 Å². The fraction of sp³-hybridized carbons (Fsp3) is 0. The molecular weight excluding hydrogens is 717 g/mol. The van der Waals surface area contributed by atoms with Gasteiger partial charge in [-0.05, 0) is 129 Å². The van der Waals surface area contributed by atoms with E-state index in [1.54, 1.807) is 0 Å². The minimum atomic E-state index is 0.915. The summed E-state index contributed by atoms with van der Waals surface area (Å²) >= 11 is 0. The van der Waals surface area contributed by atoms with Gasteiger partial charge in [-0.15, -0.1) is 0 Å². The number of furan rings is 1. The summed E-state index contributed by atoms with van der Waals surface area (Å²) in [6, 6.07) is 80.2. The Labute approximate surface area is 343 Å². The highest BCUT2D eigenvalue weighted by molar-refractivity contribution is 6.06. The minimum Gasteiger partial charge on any atom is -0.456 e. The number of benzene rings is 9. The Morgan fingerprint density at radius 3 is 1.34 bits per heavy atom. The lowest BCUT2D eigenvalue weighted by atomic mass is 10.0. The van der Waals surface area contributed by atoms with Crippen LogP contribution in [0.25, 0.3) is 83.0 Å². The van der Waals surface area contributed by atoms with Crippen molar-refractivity contribution in [3.63, 3.8) is 0 Å². The van der Waals surface area contributed by atoms with Crippen LogP contribution in [-0.4, -0.2) is 4.57 Å². The lowest BCUT2D eigenvalue weighted by Gasteiger charge is -2.26. The van der Waals surface area contributed by atoms with Gasteiger partial charge < -0.3 is 13.9 Å². The van der Waals surface area contributed by atoms with Gasteiger partial charge >= 0.3 is 0 Å². The zero-order valence-electron chi connectivity index (χ0n) is 32.2. The molecule has 2 heterocycles. The first kappa shape index (κ1) is 34.4. The van der Waals surface area contributed by atoms with E-state index in [0.29, 0.717) is 0 Å². The first-order valence-electron chi connectivity index (χ1n) is 20.1. The Morgan fingerprint density at radius 1 is 0.322 bits per heavy atom. The average molecular weight is 755 g/mol. The predicted octanol–water partition coefficient (Wildman–Crippen LogP) is 15.7. The van der Waals surface area contributed by atoms with Crippen molar-refractivity contribution in [1.29, 1.82) is 0 Å². The Morgan fingerprint density at radius 2 is 0.763 bits per heavy atom. The zero-order chi connectivity index (χ0) is 39.1. The largest absolute Gasteiger partial charge is 0.456 e. The summed E-state index contributed by atoms with van der Waals surface area (Å²) in [5.41, 5.74) is 17.0. The summed E-state index contributed by atoms with van der Waals surface area (Å²) in [5, 5.41) is 3.49. The molecule has 0 atom stereocenters. The Kier molecular flexibility index (Phi) is 8.49. The molecule has 0 aliphatic heterocycles. The van der Waals surface area contributed by atoms with Crippen molar-refractivity contribution < 1.29 is 4.42 Å². The van der Waals surface area contributed by atoms with Gasteiger partial charge in [-0.1, -0.05) is 140 Å². The summed E-state index contributed by atoms with van der Waals surface area (Å²) in [4.78, 5) is 2.33. The highest BCUT2D eigenvalue weighted by Crippen LogP contribution is 2.38. The number of hydrogen-bond acceptors (Lipinski definition) is 2. The topological polar surface area (TPSA) is 21.3 Å². The molecule has 0 N–H and O–H groups in total. The monoisotopic (exact) mass is 754 g/mol. The first-order chi connectivity index (χ1) is 29.2. The van der Waals surface area contributed by atoms with Crippen molar-refractivity contribution in [2.24, 2.45) is 0 Å². The zero-order valence-corrected chi connectivity index (χ0v) is 32.2. The molecule has 0 fully saturated rings. The molecule has 3 heteroatoms. The summed E-state index contributed by atoms with van der Waals surface area (Å²) < 4.78 is 8.34. The molecule has 0 spiro atoms. The Hall–Kier alpha value is -7.88. The van der Waals surface area contributed by atoms with Crippen LogP contribution >= 0.6 is 0 Å². The fourth-order valence-electron chi connectivity index (χ4n) is 8.38. The maximum Gasteiger partial charge on any atom is 0.135 e. The molecular formula is C56H38N2O. The molecule has 11 rings (SSSR count). The molecule has 0 bridgehead atoms. The molecule has 0 aliphatic carbocycles. The standard InChI is InChI=1S/C56H38N2O/c1-3-9-39(10-4-1)41-17-27-49(28-18-41)58(50-29-19-42(20-30-50)40-11-5-2-6-12-40)51-31-21-44(22-32-51)43-15-25-48(26-16-43)57-36-35-47-37-45(23-33-54(47)57)46-24-34-56-53(38-46)52-13-7-8-14-55(52)59-56/h1-38H. The van der Waals surface area contributed by atoms with Gasteiger partial charge in [0.15, 0.2) is 0 Å². The third-order valence-electron chi connectivity index (χ3n) is 11.5. The van der Waals surface area contributed by atoms with Gasteiger partial charge in [0.2, 0.25) is 0 Å². The third-order valence-corrected chi connectivity index (χ3v) is 11.5. The van der Waals surface area contributed by atoms with E-state index in [4.69, 9.17) is 4.42 Å². The molecule has 0 saturated carbocycles. The Bertz CT molecular complexity index is 3130. The van der Waals surface area contributed by atoms with Crippen LogP contribution in [0.5, 0.6) is 0 Å². The molecule has 59 heavy (non-hydrogen) atoms. The molecule has 2 aromatic heterocycles. The number of hydrogen-bond donors (Lipinski definition) is 0. The van der Waals surface area contributed by atoms with Crippen LogP contribution in [0.3, 0.4) is 0 Å². The molecule has 11 aromatic rings. The van der Waals surface area contributed by atoms with E-state index in [1.807, 2.05) is 12.1 Å². The quantitative estimate of drug-likeness (QED) is 0.154. The van der Waals surface area contributed by atoms with E-state index in [9.17, 15) is 0 Å². The predicted molar refractivity (Wildman–Crippen MR) is 247 cm³/mol. The molecule has 0 unspecified atom stereocenters. The number of fused-ring (bicyclic) bond motifs is 4. The smallest absolute Gasteiger partial charge is 0.135 e. The second-order valence-electron chi connectivity index (χ2n) is 15.0. The van der Waals surface area contributed by atoms with Gasteiger partial charge in [0.05, 0.1) is 5.52 Å². The molecule has 3 nitrogen and oxygen atoms in total. The van der Waals surface area contributed by atoms with E-state index in [0.717, 1.165) is 44.7 Å². The maximum atomic E-state index is 6.08. The highest BCUT2D eigenvalue weighted by atomic mass is 16.3. The van der Waals surface area contributed by atoms with E-state index < -0.39 is 0 Å². The van der Waals surface area contributed by atoms with Gasteiger partial charge in [-0.2, -0.15) is 0 Å². The number of aromatic nitrogens is 1. The van der Waals surface area contributed by atoms with Gasteiger partial charge in [0, 0.05) is 45.1 Å². The lowest BCUT2D eigenvalue weighted by Crippen LogP contribution is -2.09. The van der Waals surface area contributed by atoms with Gasteiger partial charge in [0.25, 0.3) is 0 Å². The summed E-state index contributed by atoms with van der Waals surface area (Å²) in [5.74, 6) is 0. The van der Waals surface area contributed by atoms with Crippen molar-refractivity contribution in [3.8, 4) is 50.2 Å². The van der Waals surface area contributed by atoms with Gasteiger partial charge in [-0.3, -0.25) is 0 Å². The first-order valence-corrected chi connectivity index (χ1v) is 20.1. The third kappa shape index (κ3) is 6.45.